The van der Waals surface area contributed by atoms with E-state index in [9.17, 15) is 17.7 Å². The van der Waals surface area contributed by atoms with Gasteiger partial charge in [0.25, 0.3) is 15.9 Å². The lowest BCUT2D eigenvalue weighted by Gasteiger charge is -2.14. The summed E-state index contributed by atoms with van der Waals surface area (Å²) in [6.07, 6.45) is 2.86. The van der Waals surface area contributed by atoms with Gasteiger partial charge in [-0.05, 0) is 24.3 Å². The normalized spacial score (nSPS) is 11.4. The first-order chi connectivity index (χ1) is 11.4. The molecule has 0 aliphatic heterocycles. The van der Waals surface area contributed by atoms with Gasteiger partial charge in [-0.2, -0.15) is 0 Å². The molecule has 1 N–H and O–H groups in total. The molecule has 7 nitrogen and oxygen atoms in total. The van der Waals surface area contributed by atoms with Crippen molar-refractivity contribution in [2.24, 2.45) is 0 Å². The molecule has 3 rings (SSSR count). The minimum atomic E-state index is -3.94. The number of halogens is 1. The lowest BCUT2D eigenvalue weighted by Crippen LogP contribution is -2.19. The van der Waals surface area contributed by atoms with Gasteiger partial charge in [0.2, 0.25) is 0 Å². The lowest BCUT2D eigenvalue weighted by atomic mass is 10.2. The van der Waals surface area contributed by atoms with Crippen LogP contribution < -0.4 is 9.84 Å². The van der Waals surface area contributed by atoms with Gasteiger partial charge in [-0.25, -0.2) is 13.4 Å². The molecule has 1 aromatic carbocycles. The number of fused-ring (bicyclic) bond motifs is 1. The summed E-state index contributed by atoms with van der Waals surface area (Å²) in [5.41, 5.74) is -0.0523. The van der Waals surface area contributed by atoms with Crippen molar-refractivity contribution in [2.75, 3.05) is 9.84 Å². The quantitative estimate of drug-likeness (QED) is 0.717. The maximum atomic E-state index is 14.0. The minimum absolute atomic E-state index is 0.0669. The van der Waals surface area contributed by atoms with Crippen molar-refractivity contribution in [1.29, 1.82) is 0 Å². The van der Waals surface area contributed by atoms with Crippen LogP contribution in [0.2, 0.25) is 0 Å². The first-order valence-corrected chi connectivity index (χ1v) is 9.03. The number of benzene rings is 1. The van der Waals surface area contributed by atoms with E-state index in [0.29, 0.717) is 0 Å². The Kier molecular flexibility index (Phi) is 4.16. The molecule has 0 aliphatic carbocycles. The summed E-state index contributed by atoms with van der Waals surface area (Å²) in [6, 6.07) is 5.46. The maximum Gasteiger partial charge on any atom is 0.264 e. The van der Waals surface area contributed by atoms with E-state index in [1.165, 1.54) is 36.7 Å². The third kappa shape index (κ3) is 2.93. The highest BCUT2D eigenvalue weighted by atomic mass is 32.2. The van der Waals surface area contributed by atoms with E-state index in [1.807, 2.05) is 0 Å². The molecule has 0 aliphatic rings. The predicted octanol–water partition coefficient (Wildman–Crippen LogP) is 2.73. The van der Waals surface area contributed by atoms with Crippen LogP contribution in [-0.4, -0.2) is 24.3 Å². The second-order valence-electron chi connectivity index (χ2n) is 4.73. The zero-order valence-electron chi connectivity index (χ0n) is 12.3. The number of nitrogens with zero attached hydrogens (tertiary/aromatic N) is 3. The molecule has 2 heterocycles. The first-order valence-electron chi connectivity index (χ1n) is 6.66. The van der Waals surface area contributed by atoms with E-state index in [2.05, 4.69) is 14.7 Å². The van der Waals surface area contributed by atoms with Crippen molar-refractivity contribution >= 4 is 49.0 Å². The van der Waals surface area contributed by atoms with Crippen molar-refractivity contribution in [2.45, 2.75) is 11.8 Å². The molecule has 0 saturated carbocycles. The number of nitrogens with one attached hydrogen (secondary N) is 1. The Morgan fingerprint density at radius 2 is 2.04 bits per heavy atom. The van der Waals surface area contributed by atoms with Crippen molar-refractivity contribution < 1.29 is 17.7 Å². The van der Waals surface area contributed by atoms with Crippen LogP contribution >= 0.6 is 11.3 Å². The molecule has 0 saturated heterocycles. The average Bonchev–Trinajstić information content (AvgIpc) is 3.05. The van der Waals surface area contributed by atoms with E-state index >= 15 is 0 Å². The molecule has 0 atom stereocenters. The summed E-state index contributed by atoms with van der Waals surface area (Å²) in [7, 11) is -3.94. The number of aromatic nitrogens is 2. The number of carbonyl (C=O) groups excluding carboxylic acids is 1. The first kappa shape index (κ1) is 16.3. The second-order valence-corrected chi connectivity index (χ2v) is 7.27. The molecule has 0 bridgehead atoms. The van der Waals surface area contributed by atoms with Gasteiger partial charge in [0.1, 0.15) is 5.69 Å². The van der Waals surface area contributed by atoms with E-state index in [4.69, 9.17) is 0 Å². The van der Waals surface area contributed by atoms with Crippen molar-refractivity contribution in [3.63, 3.8) is 0 Å². The van der Waals surface area contributed by atoms with Crippen LogP contribution in [0.1, 0.15) is 6.92 Å². The Balaban J connectivity index is 2.17. The summed E-state index contributed by atoms with van der Waals surface area (Å²) in [4.78, 5) is 19.1. The molecule has 0 unspecified atom stereocenters. The fourth-order valence-corrected chi connectivity index (χ4v) is 4.13. The summed E-state index contributed by atoms with van der Waals surface area (Å²) in [5.74, 6) is -0.835. The van der Waals surface area contributed by atoms with E-state index in [1.54, 1.807) is 5.38 Å². The van der Waals surface area contributed by atoms with Crippen LogP contribution in [0.4, 0.5) is 15.3 Å². The highest BCUT2D eigenvalue weighted by Crippen LogP contribution is 2.31. The Morgan fingerprint density at radius 1 is 1.25 bits per heavy atom. The van der Waals surface area contributed by atoms with Gasteiger partial charge in [0.15, 0.2) is 5.13 Å². The summed E-state index contributed by atoms with van der Waals surface area (Å²) >= 11 is 1.13. The van der Waals surface area contributed by atoms with E-state index < -0.39 is 15.9 Å². The molecule has 1 amide bonds. The molecular weight excluding hydrogens is 355 g/mol. The SMILES string of the molecule is CC(=O)N(F)c1ccc(S(=O)(=O)Nc2nccs2)c2cccnc12. The van der Waals surface area contributed by atoms with Crippen LogP contribution in [0.3, 0.4) is 0 Å². The highest BCUT2D eigenvalue weighted by Gasteiger charge is 2.23. The van der Waals surface area contributed by atoms with Crippen LogP contribution in [0, 0.1) is 0 Å². The molecule has 2 aromatic heterocycles. The van der Waals surface area contributed by atoms with Gasteiger partial charge >= 0.3 is 0 Å². The monoisotopic (exact) mass is 366 g/mol. The number of thiazole rings is 1. The topological polar surface area (TPSA) is 92.3 Å². The van der Waals surface area contributed by atoms with Gasteiger partial charge < -0.3 is 0 Å². The van der Waals surface area contributed by atoms with Crippen LogP contribution in [-0.2, 0) is 14.8 Å². The smallest absolute Gasteiger partial charge is 0.264 e. The fourth-order valence-electron chi connectivity index (χ4n) is 2.14. The molecule has 24 heavy (non-hydrogen) atoms. The van der Waals surface area contributed by atoms with Gasteiger partial charge in [-0.1, -0.05) is 4.48 Å². The number of rotatable bonds is 4. The number of hydrogen-bond donors (Lipinski definition) is 1. The van der Waals surface area contributed by atoms with Crippen LogP contribution in [0.15, 0.2) is 46.9 Å². The number of carbonyl (C=O) groups is 1. The number of hydrogen-bond acceptors (Lipinski definition) is 6. The molecule has 10 heteroatoms. The zero-order valence-corrected chi connectivity index (χ0v) is 13.9. The number of amides is 1. The Labute approximate surface area is 140 Å². The minimum Gasteiger partial charge on any atom is -0.272 e. The van der Waals surface area contributed by atoms with E-state index in [-0.39, 0.29) is 31.7 Å². The standard InChI is InChI=1S/C14H11FN4O3S2/c1-9(20)19(15)11-4-5-12(10-3-2-6-16-13(10)11)24(21,22)18-14-17-7-8-23-14/h2-8H,1H3,(H,17,18). The Morgan fingerprint density at radius 3 is 2.71 bits per heavy atom. The average molecular weight is 366 g/mol. The maximum absolute atomic E-state index is 14.0. The summed E-state index contributed by atoms with van der Waals surface area (Å²) in [6.45, 7) is 1.06. The summed E-state index contributed by atoms with van der Waals surface area (Å²) < 4.78 is 41.5. The lowest BCUT2D eigenvalue weighted by molar-refractivity contribution is -0.119. The molecule has 3 aromatic rings. The zero-order chi connectivity index (χ0) is 17.3. The van der Waals surface area contributed by atoms with Crippen molar-refractivity contribution in [3.05, 3.63) is 42.0 Å². The van der Waals surface area contributed by atoms with Gasteiger partial charge in [0, 0.05) is 30.1 Å². The van der Waals surface area contributed by atoms with Crippen molar-refractivity contribution in [3.8, 4) is 0 Å². The molecule has 0 spiro atoms. The number of pyridine rings is 1. The third-order valence-corrected chi connectivity index (χ3v) is 5.35. The van der Waals surface area contributed by atoms with Crippen LogP contribution in [0.25, 0.3) is 10.9 Å². The second kappa shape index (κ2) is 6.13. The Bertz CT molecular complexity index is 1010. The predicted molar refractivity (Wildman–Crippen MR) is 88.9 cm³/mol. The van der Waals surface area contributed by atoms with Gasteiger partial charge in [-0.15, -0.1) is 16.5 Å². The van der Waals surface area contributed by atoms with Gasteiger partial charge in [0.05, 0.1) is 10.4 Å². The van der Waals surface area contributed by atoms with Crippen LogP contribution in [0.5, 0.6) is 0 Å². The van der Waals surface area contributed by atoms with Crippen molar-refractivity contribution in [1.82, 2.24) is 9.97 Å². The fraction of sp³-hybridized carbons (Fsp3) is 0.0714. The molecule has 124 valence electrons. The number of anilines is 2. The molecular formula is C14H11FN4O3S2. The van der Waals surface area contributed by atoms with Gasteiger partial charge in [-0.3, -0.25) is 14.5 Å². The number of sulfonamides is 1. The third-order valence-electron chi connectivity index (χ3n) is 3.14. The summed E-state index contributed by atoms with van der Waals surface area (Å²) in [5, 5.41) is 1.98. The van der Waals surface area contributed by atoms with E-state index in [0.717, 1.165) is 18.3 Å². The highest BCUT2D eigenvalue weighted by molar-refractivity contribution is 7.93. The molecule has 0 radical (unpaired) electrons. The molecule has 0 fully saturated rings. The Hall–Kier alpha value is -2.59. The largest absolute Gasteiger partial charge is 0.272 e.